The molecule has 2 rings (SSSR count). The number of carboxylic acid groups (broad SMARTS) is 1. The van der Waals surface area contributed by atoms with Gasteiger partial charge in [0.05, 0.1) is 11.6 Å². The predicted molar refractivity (Wildman–Crippen MR) is 72.3 cm³/mol. The fourth-order valence-electron chi connectivity index (χ4n) is 2.38. The molecule has 0 unspecified atom stereocenters. The molecule has 5 heteroatoms. The topological polar surface area (TPSA) is 83.6 Å². The highest BCUT2D eigenvalue weighted by atomic mass is 16.4. The highest BCUT2D eigenvalue weighted by Gasteiger charge is 2.28. The fourth-order valence-corrected chi connectivity index (χ4v) is 2.38. The van der Waals surface area contributed by atoms with Crippen LogP contribution in [0.4, 0.5) is 5.69 Å². The maximum absolute atomic E-state index is 12.2. The molecule has 0 aliphatic carbocycles. The summed E-state index contributed by atoms with van der Waals surface area (Å²) >= 11 is 0. The van der Waals surface area contributed by atoms with Crippen LogP contribution in [0, 0.1) is 0 Å². The Morgan fingerprint density at radius 3 is 2.84 bits per heavy atom. The van der Waals surface area contributed by atoms with E-state index in [-0.39, 0.29) is 11.5 Å². The van der Waals surface area contributed by atoms with Gasteiger partial charge in [-0.2, -0.15) is 0 Å². The summed E-state index contributed by atoms with van der Waals surface area (Å²) in [5.41, 5.74) is 7.74. The number of nitrogens with two attached hydrogens (primary N) is 1. The number of aromatic carboxylic acids is 1. The predicted octanol–water partition coefficient (Wildman–Crippen LogP) is 1.40. The minimum absolute atomic E-state index is 0.122. The maximum atomic E-state index is 12.2. The van der Waals surface area contributed by atoms with Gasteiger partial charge in [0.1, 0.15) is 0 Å². The van der Waals surface area contributed by atoms with E-state index in [4.69, 9.17) is 10.8 Å². The van der Waals surface area contributed by atoms with Crippen LogP contribution >= 0.6 is 0 Å². The summed E-state index contributed by atoms with van der Waals surface area (Å²) in [6.45, 7) is 2.56. The molecule has 3 N–H and O–H groups in total. The number of amides is 1. The standard InChI is InChI=1S/C14H18N2O3/c1-2-3-11(15)13(17)16-7-6-9-4-5-10(14(18)19)8-12(9)16/h4-5,8,11H,2-3,6-7,15H2,1H3,(H,18,19)/t11-/m1/s1. The fraction of sp³-hybridized carbons (Fsp3) is 0.429. The van der Waals surface area contributed by atoms with Crippen molar-refractivity contribution in [2.24, 2.45) is 5.73 Å². The Kier molecular flexibility index (Phi) is 3.85. The van der Waals surface area contributed by atoms with Crippen molar-refractivity contribution in [1.82, 2.24) is 0 Å². The van der Waals surface area contributed by atoms with Crippen molar-refractivity contribution in [3.05, 3.63) is 29.3 Å². The molecule has 0 aromatic heterocycles. The van der Waals surface area contributed by atoms with E-state index in [1.54, 1.807) is 23.1 Å². The van der Waals surface area contributed by atoms with Crippen LogP contribution in [0.1, 0.15) is 35.7 Å². The number of fused-ring (bicyclic) bond motifs is 1. The minimum atomic E-state index is -0.986. The lowest BCUT2D eigenvalue weighted by Gasteiger charge is -2.21. The van der Waals surface area contributed by atoms with Gasteiger partial charge >= 0.3 is 5.97 Å². The van der Waals surface area contributed by atoms with Crippen molar-refractivity contribution in [2.75, 3.05) is 11.4 Å². The van der Waals surface area contributed by atoms with E-state index < -0.39 is 12.0 Å². The van der Waals surface area contributed by atoms with Crippen molar-refractivity contribution >= 4 is 17.6 Å². The normalized spacial score (nSPS) is 15.2. The number of rotatable bonds is 4. The SMILES string of the molecule is CCC[C@@H](N)C(=O)N1CCc2ccc(C(=O)O)cc21. The molecule has 19 heavy (non-hydrogen) atoms. The van der Waals surface area contributed by atoms with E-state index in [9.17, 15) is 9.59 Å². The molecule has 0 saturated heterocycles. The van der Waals surface area contributed by atoms with E-state index in [2.05, 4.69) is 0 Å². The van der Waals surface area contributed by atoms with Crippen molar-refractivity contribution < 1.29 is 14.7 Å². The Hall–Kier alpha value is -1.88. The number of carbonyl (C=O) groups excluding carboxylic acids is 1. The molecule has 1 aromatic rings. The molecule has 1 aliphatic heterocycles. The zero-order chi connectivity index (χ0) is 14.0. The van der Waals surface area contributed by atoms with E-state index >= 15 is 0 Å². The minimum Gasteiger partial charge on any atom is -0.478 e. The summed E-state index contributed by atoms with van der Waals surface area (Å²) in [7, 11) is 0. The second kappa shape index (κ2) is 5.40. The number of nitrogens with zero attached hydrogens (tertiary/aromatic N) is 1. The average molecular weight is 262 g/mol. The number of carboxylic acids is 1. The summed E-state index contributed by atoms with van der Waals surface area (Å²) in [6, 6.07) is 4.39. The largest absolute Gasteiger partial charge is 0.478 e. The van der Waals surface area contributed by atoms with Crippen LogP contribution in [0.25, 0.3) is 0 Å². The van der Waals surface area contributed by atoms with E-state index in [1.165, 1.54) is 0 Å². The quantitative estimate of drug-likeness (QED) is 0.859. The molecular formula is C14H18N2O3. The highest BCUT2D eigenvalue weighted by Crippen LogP contribution is 2.29. The van der Waals surface area contributed by atoms with Crippen molar-refractivity contribution in [2.45, 2.75) is 32.2 Å². The summed E-state index contributed by atoms with van der Waals surface area (Å²) in [6.07, 6.45) is 2.24. The Morgan fingerprint density at radius 1 is 1.47 bits per heavy atom. The molecule has 102 valence electrons. The molecule has 1 amide bonds. The number of hydrogen-bond donors (Lipinski definition) is 2. The Bertz CT molecular complexity index is 513. The van der Waals surface area contributed by atoms with Crippen LogP contribution in [0.2, 0.25) is 0 Å². The van der Waals surface area contributed by atoms with Crippen LogP contribution in [0.3, 0.4) is 0 Å². The first-order chi connectivity index (χ1) is 9.04. The van der Waals surface area contributed by atoms with Gasteiger partial charge in [0.15, 0.2) is 0 Å². The zero-order valence-electron chi connectivity index (χ0n) is 10.9. The van der Waals surface area contributed by atoms with Gasteiger partial charge in [-0.15, -0.1) is 0 Å². The summed E-state index contributed by atoms with van der Waals surface area (Å²) < 4.78 is 0. The third-order valence-electron chi connectivity index (χ3n) is 3.41. The van der Waals surface area contributed by atoms with Gasteiger partial charge in [0, 0.05) is 12.2 Å². The van der Waals surface area contributed by atoms with Crippen molar-refractivity contribution in [1.29, 1.82) is 0 Å². The molecule has 5 nitrogen and oxygen atoms in total. The van der Waals surface area contributed by atoms with E-state index in [0.29, 0.717) is 18.7 Å². The molecular weight excluding hydrogens is 244 g/mol. The number of carbonyl (C=O) groups is 2. The Labute approximate surface area is 112 Å². The second-order valence-electron chi connectivity index (χ2n) is 4.78. The smallest absolute Gasteiger partial charge is 0.335 e. The van der Waals surface area contributed by atoms with E-state index in [0.717, 1.165) is 18.4 Å². The second-order valence-corrected chi connectivity index (χ2v) is 4.78. The third-order valence-corrected chi connectivity index (χ3v) is 3.41. The van der Waals surface area contributed by atoms with Gasteiger partial charge < -0.3 is 15.7 Å². The third kappa shape index (κ3) is 2.61. The van der Waals surface area contributed by atoms with Gasteiger partial charge in [-0.1, -0.05) is 19.4 Å². The Balaban J connectivity index is 2.27. The van der Waals surface area contributed by atoms with Gasteiger partial charge in [-0.05, 0) is 30.5 Å². The van der Waals surface area contributed by atoms with Crippen molar-refractivity contribution in [3.63, 3.8) is 0 Å². The van der Waals surface area contributed by atoms with Gasteiger partial charge in [0.2, 0.25) is 5.91 Å². The molecule has 1 aliphatic rings. The lowest BCUT2D eigenvalue weighted by Crippen LogP contribution is -2.43. The molecule has 1 heterocycles. The van der Waals surface area contributed by atoms with Crippen LogP contribution in [0.15, 0.2) is 18.2 Å². The first-order valence-corrected chi connectivity index (χ1v) is 6.47. The Morgan fingerprint density at radius 2 is 2.21 bits per heavy atom. The summed E-state index contributed by atoms with van der Waals surface area (Å²) in [5, 5.41) is 9.01. The maximum Gasteiger partial charge on any atom is 0.335 e. The summed E-state index contributed by atoms with van der Waals surface area (Å²) in [5.74, 6) is -1.11. The highest BCUT2D eigenvalue weighted by molar-refractivity contribution is 6.00. The molecule has 0 saturated carbocycles. The first-order valence-electron chi connectivity index (χ1n) is 6.47. The molecule has 1 atom stereocenters. The monoisotopic (exact) mass is 262 g/mol. The molecule has 0 fully saturated rings. The number of hydrogen-bond acceptors (Lipinski definition) is 3. The van der Waals surface area contributed by atoms with Gasteiger partial charge in [-0.25, -0.2) is 4.79 Å². The number of benzene rings is 1. The average Bonchev–Trinajstić information content (AvgIpc) is 2.80. The van der Waals surface area contributed by atoms with Gasteiger partial charge in [-0.3, -0.25) is 4.79 Å². The summed E-state index contributed by atoms with van der Waals surface area (Å²) in [4.78, 5) is 24.8. The molecule has 0 radical (unpaired) electrons. The van der Waals surface area contributed by atoms with Gasteiger partial charge in [0.25, 0.3) is 0 Å². The van der Waals surface area contributed by atoms with Crippen LogP contribution < -0.4 is 10.6 Å². The van der Waals surface area contributed by atoms with Crippen LogP contribution in [-0.2, 0) is 11.2 Å². The zero-order valence-corrected chi connectivity index (χ0v) is 10.9. The molecule has 0 spiro atoms. The molecule has 0 bridgehead atoms. The molecule has 1 aromatic carbocycles. The lowest BCUT2D eigenvalue weighted by molar-refractivity contribution is -0.119. The van der Waals surface area contributed by atoms with Crippen LogP contribution in [-0.4, -0.2) is 29.6 Å². The first kappa shape index (κ1) is 13.5. The van der Waals surface area contributed by atoms with Crippen molar-refractivity contribution in [3.8, 4) is 0 Å². The van der Waals surface area contributed by atoms with Crippen LogP contribution in [0.5, 0.6) is 0 Å². The number of anilines is 1. The van der Waals surface area contributed by atoms with E-state index in [1.807, 2.05) is 6.92 Å². The lowest BCUT2D eigenvalue weighted by atomic mass is 10.1.